The van der Waals surface area contributed by atoms with E-state index in [9.17, 15) is 13.6 Å². The zero-order valence-electron chi connectivity index (χ0n) is 7.70. The van der Waals surface area contributed by atoms with Crippen LogP contribution >= 0.6 is 0 Å². The number of methoxy groups -OCH3 is 1. The van der Waals surface area contributed by atoms with Crippen molar-refractivity contribution in [2.24, 2.45) is 0 Å². The standard InChI is InChI=1S/C9H6F2N2O2/c1-15-7-2-5(4-14)13-8(9(10)11)6(7)3-12/h2,4,9H,1H3. The molecule has 0 unspecified atom stereocenters. The molecular formula is C9H6F2N2O2. The first-order chi connectivity index (χ1) is 7.13. The van der Waals surface area contributed by atoms with E-state index in [0.717, 1.165) is 6.07 Å². The minimum absolute atomic E-state index is 0.0788. The second kappa shape index (κ2) is 4.46. The van der Waals surface area contributed by atoms with E-state index in [1.165, 1.54) is 7.11 Å². The molecule has 1 rings (SSSR count). The van der Waals surface area contributed by atoms with Gasteiger partial charge >= 0.3 is 0 Å². The maximum absolute atomic E-state index is 12.5. The van der Waals surface area contributed by atoms with Crippen LogP contribution in [0.1, 0.15) is 28.2 Å². The summed E-state index contributed by atoms with van der Waals surface area (Å²) >= 11 is 0. The summed E-state index contributed by atoms with van der Waals surface area (Å²) < 4.78 is 29.6. The average molecular weight is 212 g/mol. The van der Waals surface area contributed by atoms with Crippen LogP contribution in [0.15, 0.2) is 6.07 Å². The third kappa shape index (κ3) is 2.07. The Morgan fingerprint density at radius 3 is 2.73 bits per heavy atom. The number of alkyl halides is 2. The number of nitrogens with zero attached hydrogens (tertiary/aromatic N) is 2. The third-order valence-electron chi connectivity index (χ3n) is 1.69. The molecule has 1 aromatic rings. The van der Waals surface area contributed by atoms with E-state index in [4.69, 9.17) is 10.00 Å². The van der Waals surface area contributed by atoms with E-state index in [0.29, 0.717) is 6.29 Å². The van der Waals surface area contributed by atoms with Crippen molar-refractivity contribution in [2.75, 3.05) is 7.11 Å². The molecule has 6 heteroatoms. The predicted molar refractivity (Wildman–Crippen MR) is 45.8 cm³/mol. The summed E-state index contributed by atoms with van der Waals surface area (Å²) in [5.41, 5.74) is -1.28. The Hall–Kier alpha value is -2.03. The van der Waals surface area contributed by atoms with Crippen LogP contribution in [0.5, 0.6) is 5.75 Å². The smallest absolute Gasteiger partial charge is 0.281 e. The van der Waals surface area contributed by atoms with Gasteiger partial charge in [-0.1, -0.05) is 0 Å². The van der Waals surface area contributed by atoms with Gasteiger partial charge in [0.25, 0.3) is 6.43 Å². The lowest BCUT2D eigenvalue weighted by atomic mass is 10.1. The molecule has 0 fully saturated rings. The van der Waals surface area contributed by atoms with Crippen molar-refractivity contribution in [1.29, 1.82) is 5.26 Å². The second-order valence-electron chi connectivity index (χ2n) is 2.54. The molecule has 4 nitrogen and oxygen atoms in total. The van der Waals surface area contributed by atoms with Gasteiger partial charge in [0.05, 0.1) is 7.11 Å². The van der Waals surface area contributed by atoms with Gasteiger partial charge in [-0.2, -0.15) is 5.26 Å². The summed E-state index contributed by atoms with van der Waals surface area (Å²) in [6.07, 6.45) is -2.61. The first-order valence-corrected chi connectivity index (χ1v) is 3.86. The molecule has 0 aliphatic heterocycles. The fourth-order valence-corrected chi connectivity index (χ4v) is 1.05. The molecule has 1 aromatic heterocycles. The van der Waals surface area contributed by atoms with E-state index in [1.807, 2.05) is 0 Å². The third-order valence-corrected chi connectivity index (χ3v) is 1.69. The molecule has 0 N–H and O–H groups in total. The van der Waals surface area contributed by atoms with Crippen LogP contribution in [0.25, 0.3) is 0 Å². The largest absolute Gasteiger partial charge is 0.495 e. The molecule has 0 radical (unpaired) electrons. The second-order valence-corrected chi connectivity index (χ2v) is 2.54. The zero-order valence-corrected chi connectivity index (χ0v) is 7.70. The van der Waals surface area contributed by atoms with Gasteiger partial charge in [0.15, 0.2) is 6.29 Å². The van der Waals surface area contributed by atoms with Crippen LogP contribution in [0.2, 0.25) is 0 Å². The maximum Gasteiger partial charge on any atom is 0.281 e. The Labute approximate surface area is 84.1 Å². The summed E-state index contributed by atoms with van der Waals surface area (Å²) in [4.78, 5) is 13.8. The quantitative estimate of drug-likeness (QED) is 0.715. The van der Waals surface area contributed by atoms with Crippen LogP contribution in [0.3, 0.4) is 0 Å². The van der Waals surface area contributed by atoms with Gasteiger partial charge in [-0.05, 0) is 0 Å². The van der Waals surface area contributed by atoms with E-state index in [2.05, 4.69) is 4.98 Å². The molecule has 0 atom stereocenters. The Morgan fingerprint density at radius 1 is 1.67 bits per heavy atom. The molecule has 0 spiro atoms. The van der Waals surface area contributed by atoms with Crippen molar-refractivity contribution < 1.29 is 18.3 Å². The van der Waals surface area contributed by atoms with Crippen molar-refractivity contribution in [2.45, 2.75) is 6.43 Å². The Morgan fingerprint density at radius 2 is 2.33 bits per heavy atom. The molecule has 0 bridgehead atoms. The molecule has 1 heterocycles. The Balaban J connectivity index is 3.47. The predicted octanol–water partition coefficient (Wildman–Crippen LogP) is 1.71. The van der Waals surface area contributed by atoms with Gasteiger partial charge in [0, 0.05) is 6.07 Å². The first-order valence-electron chi connectivity index (χ1n) is 3.86. The zero-order chi connectivity index (χ0) is 11.4. The SMILES string of the molecule is COc1cc(C=O)nc(C(F)F)c1C#N. The maximum atomic E-state index is 12.5. The molecule has 0 saturated carbocycles. The molecule has 0 aromatic carbocycles. The summed E-state index contributed by atoms with van der Waals surface area (Å²) in [5, 5.41) is 8.65. The minimum atomic E-state index is -2.92. The van der Waals surface area contributed by atoms with E-state index in [1.54, 1.807) is 6.07 Å². The normalized spacial score (nSPS) is 9.80. The number of ether oxygens (including phenoxy) is 1. The fraction of sp³-hybridized carbons (Fsp3) is 0.222. The number of rotatable bonds is 3. The molecule has 0 aliphatic rings. The van der Waals surface area contributed by atoms with E-state index >= 15 is 0 Å². The number of carbonyl (C=O) groups is 1. The van der Waals surface area contributed by atoms with Crippen molar-refractivity contribution in [3.63, 3.8) is 0 Å². The van der Waals surface area contributed by atoms with Crippen LogP contribution in [0.4, 0.5) is 8.78 Å². The molecule has 0 saturated heterocycles. The van der Waals surface area contributed by atoms with Crippen LogP contribution in [-0.4, -0.2) is 18.4 Å². The highest BCUT2D eigenvalue weighted by atomic mass is 19.3. The first kappa shape index (κ1) is 11.0. The lowest BCUT2D eigenvalue weighted by Crippen LogP contribution is -2.02. The van der Waals surface area contributed by atoms with Crippen LogP contribution in [0, 0.1) is 11.3 Å². The van der Waals surface area contributed by atoms with Gasteiger partial charge in [-0.15, -0.1) is 0 Å². The Kier molecular flexibility index (Phi) is 3.29. The summed E-state index contributed by atoms with van der Waals surface area (Å²) in [5.74, 6) is -0.0788. The topological polar surface area (TPSA) is 63.0 Å². The van der Waals surface area contributed by atoms with E-state index in [-0.39, 0.29) is 17.0 Å². The molecular weight excluding hydrogens is 206 g/mol. The molecule has 0 amide bonds. The lowest BCUT2D eigenvalue weighted by molar-refractivity contribution is 0.111. The Bertz CT molecular complexity index is 427. The summed E-state index contributed by atoms with van der Waals surface area (Å²) in [7, 11) is 1.22. The number of carbonyl (C=O) groups excluding carboxylic acids is 1. The van der Waals surface area contributed by atoms with Crippen LogP contribution < -0.4 is 4.74 Å². The minimum Gasteiger partial charge on any atom is -0.495 e. The molecule has 0 aliphatic carbocycles. The van der Waals surface area contributed by atoms with E-state index < -0.39 is 12.1 Å². The van der Waals surface area contributed by atoms with Gasteiger partial charge in [0.2, 0.25) is 0 Å². The van der Waals surface area contributed by atoms with Gasteiger partial charge in [0.1, 0.15) is 28.8 Å². The number of hydrogen-bond acceptors (Lipinski definition) is 4. The highest BCUT2D eigenvalue weighted by molar-refractivity contribution is 5.73. The highest BCUT2D eigenvalue weighted by Crippen LogP contribution is 2.27. The summed E-state index contributed by atoms with van der Waals surface area (Å²) in [6, 6.07) is 2.70. The summed E-state index contributed by atoms with van der Waals surface area (Å²) in [6.45, 7) is 0. The number of nitriles is 1. The van der Waals surface area contributed by atoms with Gasteiger partial charge in [-0.3, -0.25) is 4.79 Å². The number of halogens is 2. The molecule has 78 valence electrons. The van der Waals surface area contributed by atoms with Gasteiger partial charge in [-0.25, -0.2) is 13.8 Å². The number of hydrogen-bond donors (Lipinski definition) is 0. The van der Waals surface area contributed by atoms with Gasteiger partial charge < -0.3 is 4.74 Å². The van der Waals surface area contributed by atoms with Crippen LogP contribution in [-0.2, 0) is 0 Å². The number of aromatic nitrogens is 1. The monoisotopic (exact) mass is 212 g/mol. The number of pyridine rings is 1. The average Bonchev–Trinajstić information content (AvgIpc) is 2.26. The fourth-order valence-electron chi connectivity index (χ4n) is 1.05. The van der Waals surface area contributed by atoms with Crippen molar-refractivity contribution in [3.8, 4) is 11.8 Å². The van der Waals surface area contributed by atoms with Crippen molar-refractivity contribution >= 4 is 6.29 Å². The molecule has 15 heavy (non-hydrogen) atoms. The lowest BCUT2D eigenvalue weighted by Gasteiger charge is -2.07. The van der Waals surface area contributed by atoms with Crippen molar-refractivity contribution in [3.05, 3.63) is 23.0 Å². The van der Waals surface area contributed by atoms with Crippen molar-refractivity contribution in [1.82, 2.24) is 4.98 Å². The highest BCUT2D eigenvalue weighted by Gasteiger charge is 2.20. The number of aldehydes is 1.